The molecule has 0 fully saturated rings. The molecule has 1 amide bonds. The molecule has 2 N–H and O–H groups in total. The highest BCUT2D eigenvalue weighted by atomic mass is 79.9. The highest BCUT2D eigenvalue weighted by Crippen LogP contribution is 2.03. The number of amides is 1. The quantitative estimate of drug-likeness (QED) is 0.706. The Morgan fingerprint density at radius 2 is 2.09 bits per heavy atom. The van der Waals surface area contributed by atoms with Crippen LogP contribution in [0.4, 0.5) is 0 Å². The van der Waals surface area contributed by atoms with Crippen LogP contribution < -0.4 is 10.3 Å². The van der Waals surface area contributed by atoms with Gasteiger partial charge in [0.25, 0.3) is 5.91 Å². The molecule has 0 saturated heterocycles. The molecule has 1 aromatic rings. The Morgan fingerprint density at radius 3 is 2.55 bits per heavy atom. The van der Waals surface area contributed by atoms with Crippen LogP contribution in [-0.2, 0) is 11.3 Å². The minimum atomic E-state index is -0.336. The van der Waals surface area contributed by atoms with E-state index in [4.69, 9.17) is 5.73 Å². The molecule has 11 heavy (non-hydrogen) atoms. The molecule has 1 heterocycles. The largest absolute Gasteiger partial charge is 0.364 e. The number of halogens is 1. The van der Waals surface area contributed by atoms with Crippen molar-refractivity contribution in [3.63, 3.8) is 0 Å². The van der Waals surface area contributed by atoms with E-state index in [9.17, 15) is 4.79 Å². The molecule has 1 rings (SSSR count). The lowest BCUT2D eigenvalue weighted by molar-refractivity contribution is -0.684. The minimum Gasteiger partial charge on any atom is -0.364 e. The van der Waals surface area contributed by atoms with Crippen molar-refractivity contribution in [3.05, 3.63) is 29.0 Å². The molecule has 0 aliphatic heterocycles. The molecular weight excluding hydrogens is 208 g/mol. The van der Waals surface area contributed by atoms with Crippen molar-refractivity contribution < 1.29 is 9.36 Å². The molecule has 0 aliphatic carbocycles. The number of primary amides is 1. The Kier molecular flexibility index (Phi) is 2.59. The van der Waals surface area contributed by atoms with Gasteiger partial charge in [0, 0.05) is 16.6 Å². The molecule has 3 nitrogen and oxygen atoms in total. The van der Waals surface area contributed by atoms with E-state index >= 15 is 0 Å². The second-order valence-electron chi connectivity index (χ2n) is 2.16. The van der Waals surface area contributed by atoms with Gasteiger partial charge in [-0.3, -0.25) is 4.79 Å². The van der Waals surface area contributed by atoms with Gasteiger partial charge in [0.1, 0.15) is 0 Å². The maximum Gasteiger partial charge on any atom is 0.283 e. The fourth-order valence-electron chi connectivity index (χ4n) is 0.724. The zero-order valence-electron chi connectivity index (χ0n) is 5.83. The van der Waals surface area contributed by atoms with Gasteiger partial charge in [0.2, 0.25) is 6.54 Å². The van der Waals surface area contributed by atoms with E-state index in [1.165, 1.54) is 0 Å². The summed E-state index contributed by atoms with van der Waals surface area (Å²) in [5.74, 6) is -0.336. The van der Waals surface area contributed by atoms with Gasteiger partial charge in [0.15, 0.2) is 12.4 Å². The molecule has 0 saturated carbocycles. The molecule has 0 bridgehead atoms. The molecule has 0 aromatic carbocycles. The summed E-state index contributed by atoms with van der Waals surface area (Å²) < 4.78 is 2.70. The Hall–Kier alpha value is -0.900. The zero-order chi connectivity index (χ0) is 8.27. The van der Waals surface area contributed by atoms with Crippen molar-refractivity contribution in [2.75, 3.05) is 0 Å². The van der Waals surface area contributed by atoms with E-state index in [0.29, 0.717) is 0 Å². The summed E-state index contributed by atoms with van der Waals surface area (Å²) in [6.07, 6.45) is 3.57. The summed E-state index contributed by atoms with van der Waals surface area (Å²) in [5.41, 5.74) is 4.99. The predicted octanol–water partition coefficient (Wildman–Crippen LogP) is 0.222. The van der Waals surface area contributed by atoms with Crippen LogP contribution in [0.5, 0.6) is 0 Å². The maximum atomic E-state index is 10.4. The predicted molar refractivity (Wildman–Crippen MR) is 43.5 cm³/mol. The fourth-order valence-corrected chi connectivity index (χ4v) is 0.961. The second-order valence-corrected chi connectivity index (χ2v) is 3.07. The Balaban J connectivity index is 2.74. The molecule has 0 radical (unpaired) electrons. The Morgan fingerprint density at radius 1 is 1.55 bits per heavy atom. The summed E-state index contributed by atoms with van der Waals surface area (Å²) >= 11 is 3.28. The number of carbonyl (C=O) groups excluding carboxylic acids is 1. The molecule has 0 atom stereocenters. The van der Waals surface area contributed by atoms with Gasteiger partial charge in [0.05, 0.1) is 0 Å². The van der Waals surface area contributed by atoms with Gasteiger partial charge in [-0.05, 0) is 0 Å². The lowest BCUT2D eigenvalue weighted by atomic mass is 10.4. The lowest BCUT2D eigenvalue weighted by Gasteiger charge is -1.91. The monoisotopic (exact) mass is 215 g/mol. The molecular formula is C7H8BrN2O+. The number of carbonyl (C=O) groups is 1. The third-order valence-electron chi connectivity index (χ3n) is 1.19. The van der Waals surface area contributed by atoms with E-state index in [1.807, 2.05) is 12.1 Å². The molecule has 58 valence electrons. The third kappa shape index (κ3) is 2.67. The van der Waals surface area contributed by atoms with Gasteiger partial charge in [-0.25, -0.2) is 0 Å². The van der Waals surface area contributed by atoms with E-state index < -0.39 is 0 Å². The highest BCUT2D eigenvalue weighted by Gasteiger charge is 2.02. The van der Waals surface area contributed by atoms with Gasteiger partial charge < -0.3 is 5.73 Å². The van der Waals surface area contributed by atoms with Crippen molar-refractivity contribution in [1.82, 2.24) is 0 Å². The summed E-state index contributed by atoms with van der Waals surface area (Å²) in [6, 6.07) is 3.70. The highest BCUT2D eigenvalue weighted by molar-refractivity contribution is 9.10. The molecule has 0 spiro atoms. The van der Waals surface area contributed by atoms with Crippen LogP contribution in [0.1, 0.15) is 0 Å². The van der Waals surface area contributed by atoms with Crippen molar-refractivity contribution >= 4 is 21.8 Å². The minimum absolute atomic E-state index is 0.229. The van der Waals surface area contributed by atoms with Gasteiger partial charge in [-0.1, -0.05) is 15.9 Å². The fraction of sp³-hybridized carbons (Fsp3) is 0.143. The van der Waals surface area contributed by atoms with E-state index in [1.54, 1.807) is 17.0 Å². The normalized spacial score (nSPS) is 9.55. The average molecular weight is 216 g/mol. The molecule has 1 aromatic heterocycles. The van der Waals surface area contributed by atoms with Crippen LogP contribution in [-0.4, -0.2) is 5.91 Å². The van der Waals surface area contributed by atoms with E-state index in [2.05, 4.69) is 15.9 Å². The van der Waals surface area contributed by atoms with Crippen LogP contribution in [0.25, 0.3) is 0 Å². The molecule has 4 heteroatoms. The SMILES string of the molecule is NC(=O)C[n+]1ccc(Br)cc1. The molecule has 0 aliphatic rings. The maximum absolute atomic E-state index is 10.4. The van der Waals surface area contributed by atoms with Gasteiger partial charge in [-0.2, -0.15) is 4.57 Å². The van der Waals surface area contributed by atoms with E-state index in [-0.39, 0.29) is 12.5 Å². The van der Waals surface area contributed by atoms with Crippen molar-refractivity contribution in [3.8, 4) is 0 Å². The summed E-state index contributed by atoms with van der Waals surface area (Å²) in [6.45, 7) is 0.229. The van der Waals surface area contributed by atoms with Crippen molar-refractivity contribution in [2.45, 2.75) is 6.54 Å². The number of hydrogen-bond acceptors (Lipinski definition) is 1. The first-order chi connectivity index (χ1) is 5.18. The average Bonchev–Trinajstić information content (AvgIpc) is 1.93. The van der Waals surface area contributed by atoms with Crippen LogP contribution in [0.15, 0.2) is 29.0 Å². The number of rotatable bonds is 2. The zero-order valence-corrected chi connectivity index (χ0v) is 7.41. The van der Waals surface area contributed by atoms with Gasteiger partial charge >= 0.3 is 0 Å². The number of nitrogens with two attached hydrogens (primary N) is 1. The summed E-state index contributed by atoms with van der Waals surface area (Å²) in [7, 11) is 0. The number of pyridine rings is 1. The van der Waals surface area contributed by atoms with Crippen LogP contribution >= 0.6 is 15.9 Å². The Labute approximate surface area is 73.0 Å². The summed E-state index contributed by atoms with van der Waals surface area (Å²) in [4.78, 5) is 10.4. The van der Waals surface area contributed by atoms with Crippen molar-refractivity contribution in [2.24, 2.45) is 5.73 Å². The third-order valence-corrected chi connectivity index (χ3v) is 1.72. The smallest absolute Gasteiger partial charge is 0.283 e. The molecule has 0 unspecified atom stereocenters. The number of nitrogens with zero attached hydrogens (tertiary/aromatic N) is 1. The standard InChI is InChI=1S/C7H7BrN2O/c8-6-1-3-10(4-2-6)5-7(9)11/h1-4H,5H2,(H-,9,11)/p+1. The first-order valence-electron chi connectivity index (χ1n) is 3.11. The first kappa shape index (κ1) is 8.20. The number of aromatic nitrogens is 1. The lowest BCUT2D eigenvalue weighted by Crippen LogP contribution is -2.39. The topological polar surface area (TPSA) is 47.0 Å². The first-order valence-corrected chi connectivity index (χ1v) is 3.90. The summed E-state index contributed by atoms with van der Waals surface area (Å²) in [5, 5.41) is 0. The van der Waals surface area contributed by atoms with Crippen LogP contribution in [0.2, 0.25) is 0 Å². The van der Waals surface area contributed by atoms with Crippen molar-refractivity contribution in [1.29, 1.82) is 0 Å². The van der Waals surface area contributed by atoms with Gasteiger partial charge in [-0.15, -0.1) is 0 Å². The Bertz CT molecular complexity index is 258. The number of hydrogen-bond donors (Lipinski definition) is 1. The van der Waals surface area contributed by atoms with Crippen LogP contribution in [0.3, 0.4) is 0 Å². The van der Waals surface area contributed by atoms with E-state index in [0.717, 1.165) is 4.47 Å². The van der Waals surface area contributed by atoms with Crippen LogP contribution in [0, 0.1) is 0 Å². The second kappa shape index (κ2) is 3.48.